The maximum atomic E-state index is 13.6. The van der Waals surface area contributed by atoms with Crippen LogP contribution in [0.2, 0.25) is 5.02 Å². The number of carbonyl (C=O) groups excluding carboxylic acids is 5. The van der Waals surface area contributed by atoms with Crippen LogP contribution in [0.25, 0.3) is 0 Å². The summed E-state index contributed by atoms with van der Waals surface area (Å²) in [6.07, 6.45) is 1.89. The van der Waals surface area contributed by atoms with E-state index in [-0.39, 0.29) is 41.7 Å². The monoisotopic (exact) mass is 776 g/mol. The quantitative estimate of drug-likeness (QED) is 0.272. The van der Waals surface area contributed by atoms with E-state index in [0.29, 0.717) is 65.1 Å². The predicted molar refractivity (Wildman–Crippen MR) is 208 cm³/mol. The molecule has 290 valence electrons. The highest BCUT2D eigenvalue weighted by atomic mass is 35.5. The molecule has 3 fully saturated rings. The lowest BCUT2D eigenvalue weighted by Gasteiger charge is -2.63. The van der Waals surface area contributed by atoms with Crippen molar-refractivity contribution in [3.63, 3.8) is 0 Å². The van der Waals surface area contributed by atoms with Gasteiger partial charge in [-0.3, -0.25) is 39.1 Å². The lowest BCUT2D eigenvalue weighted by atomic mass is 9.49. The van der Waals surface area contributed by atoms with Gasteiger partial charge in [0.25, 0.3) is 17.7 Å². The van der Waals surface area contributed by atoms with E-state index < -0.39 is 29.7 Å². The molecular weight excluding hydrogens is 732 g/mol. The molecule has 0 aromatic heterocycles. The molecule has 1 aliphatic carbocycles. The van der Waals surface area contributed by atoms with Crippen molar-refractivity contribution in [1.29, 1.82) is 5.26 Å². The van der Waals surface area contributed by atoms with Crippen LogP contribution in [0.3, 0.4) is 0 Å². The van der Waals surface area contributed by atoms with Crippen LogP contribution >= 0.6 is 11.6 Å². The lowest BCUT2D eigenvalue weighted by molar-refractivity contribution is -0.147. The van der Waals surface area contributed by atoms with E-state index in [4.69, 9.17) is 16.3 Å². The number of fused-ring (bicyclic) bond motifs is 2. The first kappa shape index (κ1) is 37.7. The summed E-state index contributed by atoms with van der Waals surface area (Å²) in [4.78, 5) is 69.5. The molecule has 13 heteroatoms. The summed E-state index contributed by atoms with van der Waals surface area (Å²) >= 11 is 6.26. The van der Waals surface area contributed by atoms with Crippen molar-refractivity contribution in [2.75, 3.05) is 25.0 Å². The van der Waals surface area contributed by atoms with Crippen molar-refractivity contribution in [2.24, 2.45) is 16.7 Å². The van der Waals surface area contributed by atoms with E-state index in [9.17, 15) is 29.2 Å². The van der Waals surface area contributed by atoms with Gasteiger partial charge in [-0.05, 0) is 84.8 Å². The predicted octanol–water partition coefficient (Wildman–Crippen LogP) is 5.77. The Bertz CT molecular complexity index is 2140. The standard InChI is InChI=1S/C43H45ClN6O6/c1-42(2)40(43(3,4)41(42)56-30-10-7-26(20-45)33(44)19-30)46-29-8-5-25(6-9-29)37(53)49-15-13-24(14-16-49)21-48-22-27-17-31-32(18-28(27)23-48)39(55)50(38(31)54)34-11-12-35(51)47-36(34)52/h5-10,17-19,24,34,40-41,46H,11-16,21-23H2,1-4H3,(H,47,51,52). The number of halogens is 1. The minimum Gasteiger partial charge on any atom is -0.489 e. The van der Waals surface area contributed by atoms with Gasteiger partial charge in [0.05, 0.1) is 21.7 Å². The van der Waals surface area contributed by atoms with Gasteiger partial charge in [-0.1, -0.05) is 39.3 Å². The second-order valence-electron chi connectivity index (χ2n) is 17.1. The van der Waals surface area contributed by atoms with E-state index >= 15 is 0 Å². The molecule has 5 aliphatic rings. The highest BCUT2D eigenvalue weighted by molar-refractivity contribution is 6.31. The molecule has 0 spiro atoms. The summed E-state index contributed by atoms with van der Waals surface area (Å²) in [7, 11) is 0. The minimum atomic E-state index is -0.975. The molecule has 56 heavy (non-hydrogen) atoms. The van der Waals surface area contributed by atoms with Crippen LogP contribution < -0.4 is 15.4 Å². The van der Waals surface area contributed by atoms with Crippen LogP contribution in [0.15, 0.2) is 54.6 Å². The maximum absolute atomic E-state index is 13.6. The summed E-state index contributed by atoms with van der Waals surface area (Å²) in [5, 5.41) is 15.5. The number of hydrogen-bond acceptors (Lipinski definition) is 9. The molecule has 4 heterocycles. The number of carbonyl (C=O) groups is 5. The van der Waals surface area contributed by atoms with Gasteiger partial charge in [0, 0.05) is 73.3 Å². The third-order valence-corrected chi connectivity index (χ3v) is 12.9. The number of anilines is 1. The van der Waals surface area contributed by atoms with Crippen LogP contribution in [0.4, 0.5) is 5.69 Å². The molecule has 1 atom stereocenters. The number of nitriles is 1. The molecule has 8 rings (SSSR count). The van der Waals surface area contributed by atoms with Crippen LogP contribution in [0.1, 0.15) is 101 Å². The summed E-state index contributed by atoms with van der Waals surface area (Å²) in [5.74, 6) is -0.904. The van der Waals surface area contributed by atoms with Gasteiger partial charge < -0.3 is 15.0 Å². The molecule has 1 saturated carbocycles. The number of amides is 5. The summed E-state index contributed by atoms with van der Waals surface area (Å²) in [6.45, 7) is 12.2. The SMILES string of the molecule is CC1(C)C(Nc2ccc(C(=O)N3CCC(CN4Cc5cc6c(cc5C4)C(=O)N(C4CCC(=O)NC4=O)C6=O)CC3)cc2)C(C)(C)C1Oc1ccc(C#N)c(Cl)c1. The number of piperidine rings is 2. The summed E-state index contributed by atoms with van der Waals surface area (Å²) < 4.78 is 6.43. The first-order valence-corrected chi connectivity index (χ1v) is 19.7. The van der Waals surface area contributed by atoms with E-state index in [0.717, 1.165) is 41.1 Å². The Morgan fingerprint density at radius 3 is 2.11 bits per heavy atom. The van der Waals surface area contributed by atoms with E-state index in [1.807, 2.05) is 29.2 Å². The Morgan fingerprint density at radius 1 is 0.911 bits per heavy atom. The number of benzene rings is 3. The fraction of sp³-hybridized carbons (Fsp3) is 0.442. The largest absolute Gasteiger partial charge is 0.489 e. The van der Waals surface area contributed by atoms with Crippen molar-refractivity contribution in [2.45, 2.75) is 84.7 Å². The second-order valence-corrected chi connectivity index (χ2v) is 17.5. The molecule has 0 bridgehead atoms. The number of rotatable bonds is 8. The Balaban J connectivity index is 0.821. The number of nitrogens with one attached hydrogen (secondary N) is 2. The van der Waals surface area contributed by atoms with Gasteiger partial charge in [0.2, 0.25) is 11.8 Å². The molecule has 2 N–H and O–H groups in total. The van der Waals surface area contributed by atoms with Gasteiger partial charge in [0.15, 0.2) is 0 Å². The Labute approximate surface area is 331 Å². The average molecular weight is 777 g/mol. The number of hydrogen-bond donors (Lipinski definition) is 2. The van der Waals surface area contributed by atoms with Gasteiger partial charge in [-0.2, -0.15) is 5.26 Å². The van der Waals surface area contributed by atoms with Gasteiger partial charge in [-0.25, -0.2) is 0 Å². The normalized spacial score (nSPS) is 24.2. The Morgan fingerprint density at radius 2 is 1.54 bits per heavy atom. The van der Waals surface area contributed by atoms with Crippen molar-refractivity contribution in [3.05, 3.63) is 93.0 Å². The van der Waals surface area contributed by atoms with Crippen LogP contribution in [-0.4, -0.2) is 82.1 Å². The Hall–Kier alpha value is -5.25. The number of likely N-dealkylation sites (tertiary alicyclic amines) is 1. The third kappa shape index (κ3) is 6.50. The van der Waals surface area contributed by atoms with Gasteiger partial charge in [-0.15, -0.1) is 0 Å². The maximum Gasteiger partial charge on any atom is 0.262 e. The van der Waals surface area contributed by atoms with Crippen molar-refractivity contribution >= 4 is 46.8 Å². The van der Waals surface area contributed by atoms with Crippen molar-refractivity contribution in [1.82, 2.24) is 20.0 Å². The summed E-state index contributed by atoms with van der Waals surface area (Å²) in [5.41, 5.74) is 4.20. The zero-order chi connectivity index (χ0) is 39.7. The number of ether oxygens (including phenoxy) is 1. The first-order valence-electron chi connectivity index (χ1n) is 19.3. The smallest absolute Gasteiger partial charge is 0.262 e. The summed E-state index contributed by atoms with van der Waals surface area (Å²) in [6, 6.07) is 17.7. The molecule has 0 radical (unpaired) electrons. The fourth-order valence-corrected chi connectivity index (χ4v) is 10.1. The molecule has 5 amide bonds. The molecule has 1 unspecified atom stereocenters. The van der Waals surface area contributed by atoms with Gasteiger partial charge in [0.1, 0.15) is 24.0 Å². The van der Waals surface area contributed by atoms with Crippen molar-refractivity contribution in [3.8, 4) is 11.8 Å². The van der Waals surface area contributed by atoms with Crippen LogP contribution in [-0.2, 0) is 22.7 Å². The topological polar surface area (TPSA) is 152 Å². The molecule has 12 nitrogen and oxygen atoms in total. The average Bonchev–Trinajstić information content (AvgIpc) is 3.67. The molecule has 3 aromatic rings. The van der Waals surface area contributed by atoms with Crippen LogP contribution in [0, 0.1) is 28.1 Å². The fourth-order valence-electron chi connectivity index (χ4n) is 9.91. The second kappa shape index (κ2) is 14.0. The van der Waals surface area contributed by atoms with Crippen molar-refractivity contribution < 1.29 is 28.7 Å². The molecule has 3 aromatic carbocycles. The van der Waals surface area contributed by atoms with E-state index in [1.54, 1.807) is 30.3 Å². The number of nitrogens with zero attached hydrogens (tertiary/aromatic N) is 4. The van der Waals surface area contributed by atoms with E-state index in [1.165, 1.54) is 0 Å². The molecular formula is C43H45ClN6O6. The van der Waals surface area contributed by atoms with E-state index in [2.05, 4.69) is 49.3 Å². The highest BCUT2D eigenvalue weighted by Crippen LogP contribution is 2.56. The number of imide groups is 2. The first-order chi connectivity index (χ1) is 26.6. The van der Waals surface area contributed by atoms with Crippen LogP contribution in [0.5, 0.6) is 5.75 Å². The third-order valence-electron chi connectivity index (χ3n) is 12.6. The lowest BCUT2D eigenvalue weighted by Crippen LogP contribution is -2.72. The van der Waals surface area contributed by atoms with Gasteiger partial charge >= 0.3 is 0 Å². The minimum absolute atomic E-state index is 0.0256. The molecule has 2 saturated heterocycles. The molecule has 4 aliphatic heterocycles. The zero-order valence-corrected chi connectivity index (χ0v) is 32.7. The zero-order valence-electron chi connectivity index (χ0n) is 32.0. The Kier molecular flexibility index (Phi) is 9.45. The highest BCUT2D eigenvalue weighted by Gasteiger charge is 2.63.